The summed E-state index contributed by atoms with van der Waals surface area (Å²) in [7, 11) is -1.91. The number of hydrogen-bond donors (Lipinski definition) is 2. The zero-order valence-corrected chi connectivity index (χ0v) is 20.2. The van der Waals surface area contributed by atoms with E-state index in [1.165, 1.54) is 26.3 Å². The number of nitrogens with zero attached hydrogens (tertiary/aromatic N) is 1. The van der Waals surface area contributed by atoms with Gasteiger partial charge in [0.05, 0.1) is 11.2 Å². The fraction of sp³-hybridized carbons (Fsp3) is 0.680. The van der Waals surface area contributed by atoms with Crippen LogP contribution in [0, 0.1) is 23.2 Å². The molecule has 5 aliphatic rings. The van der Waals surface area contributed by atoms with E-state index in [0.29, 0.717) is 36.4 Å². The first-order chi connectivity index (χ1) is 15.8. The maximum absolute atomic E-state index is 13.8. The van der Waals surface area contributed by atoms with Crippen LogP contribution in [0.2, 0.25) is 0 Å². The molecule has 4 bridgehead atoms. The van der Waals surface area contributed by atoms with Crippen molar-refractivity contribution in [2.75, 3.05) is 13.6 Å². The van der Waals surface area contributed by atoms with Gasteiger partial charge in [0.1, 0.15) is 6.04 Å². The molecule has 0 radical (unpaired) electrons. The smallest absolute Gasteiger partial charge is 0.243 e. The molecular formula is C25H35N3O4S. The predicted octanol–water partition coefficient (Wildman–Crippen LogP) is 2.56. The standard InChI is InChI=1S/C25H35N3O4S/c1-26-33(31,32)16-18-6-4-17(5-7-18)15-27-23(29)22-3-2-8-28(22)24(30)25-12-19-9-20(13-25)11-21(10-19)14-25/h4-7,19-22,26H,2-3,8-16H2,1H3,(H,27,29). The fourth-order valence-electron chi connectivity index (χ4n) is 7.31. The van der Waals surface area contributed by atoms with Crippen molar-refractivity contribution in [3.63, 3.8) is 0 Å². The topological polar surface area (TPSA) is 95.6 Å². The number of hydrogen-bond acceptors (Lipinski definition) is 4. The van der Waals surface area contributed by atoms with Gasteiger partial charge in [-0.3, -0.25) is 9.59 Å². The lowest BCUT2D eigenvalue weighted by atomic mass is 9.49. The van der Waals surface area contributed by atoms with Crippen molar-refractivity contribution in [3.8, 4) is 0 Å². The maximum atomic E-state index is 13.8. The van der Waals surface area contributed by atoms with E-state index in [0.717, 1.165) is 37.7 Å². The number of benzene rings is 1. The van der Waals surface area contributed by atoms with Crippen molar-refractivity contribution in [1.82, 2.24) is 14.9 Å². The molecule has 1 aromatic carbocycles. The summed E-state index contributed by atoms with van der Waals surface area (Å²) in [5.41, 5.74) is 1.40. The Morgan fingerprint density at radius 1 is 1.00 bits per heavy atom. The monoisotopic (exact) mass is 473 g/mol. The molecule has 7 nitrogen and oxygen atoms in total. The van der Waals surface area contributed by atoms with Gasteiger partial charge in [0, 0.05) is 13.1 Å². The molecule has 4 aliphatic carbocycles. The average molecular weight is 474 g/mol. The van der Waals surface area contributed by atoms with Gasteiger partial charge in [0.2, 0.25) is 21.8 Å². The molecule has 1 aliphatic heterocycles. The molecule has 0 aromatic heterocycles. The first kappa shape index (κ1) is 22.8. The number of sulfonamides is 1. The molecule has 180 valence electrons. The van der Waals surface area contributed by atoms with Crippen molar-refractivity contribution in [1.29, 1.82) is 0 Å². The van der Waals surface area contributed by atoms with Gasteiger partial charge in [-0.05, 0) is 87.3 Å². The molecular weight excluding hydrogens is 438 g/mol. The summed E-state index contributed by atoms with van der Waals surface area (Å²) in [5, 5.41) is 3.01. The highest BCUT2D eigenvalue weighted by Crippen LogP contribution is 2.60. The van der Waals surface area contributed by atoms with E-state index in [4.69, 9.17) is 0 Å². The molecule has 8 heteroatoms. The largest absolute Gasteiger partial charge is 0.350 e. The van der Waals surface area contributed by atoms with Crippen LogP contribution in [0.3, 0.4) is 0 Å². The fourth-order valence-corrected chi connectivity index (χ4v) is 8.09. The molecule has 2 amide bonds. The van der Waals surface area contributed by atoms with Gasteiger partial charge in [0.15, 0.2) is 0 Å². The number of likely N-dealkylation sites (tertiary alicyclic amines) is 1. The third kappa shape index (κ3) is 4.56. The second-order valence-corrected chi connectivity index (χ2v) is 12.8. The Morgan fingerprint density at radius 3 is 2.15 bits per heavy atom. The van der Waals surface area contributed by atoms with Gasteiger partial charge < -0.3 is 10.2 Å². The minimum atomic E-state index is -3.31. The van der Waals surface area contributed by atoms with Crippen LogP contribution < -0.4 is 10.0 Å². The lowest BCUT2D eigenvalue weighted by molar-refractivity contribution is -0.160. The number of carbonyl (C=O) groups is 2. The van der Waals surface area contributed by atoms with Crippen LogP contribution in [0.5, 0.6) is 0 Å². The first-order valence-electron chi connectivity index (χ1n) is 12.3. The molecule has 0 spiro atoms. The molecule has 1 aromatic rings. The number of rotatable bonds is 7. The molecule has 5 fully saturated rings. The minimum absolute atomic E-state index is 0.0698. The van der Waals surface area contributed by atoms with Crippen molar-refractivity contribution in [2.45, 2.75) is 69.7 Å². The van der Waals surface area contributed by atoms with Gasteiger partial charge in [0.25, 0.3) is 0 Å². The summed E-state index contributed by atoms with van der Waals surface area (Å²) in [5.74, 6) is 2.23. The Bertz CT molecular complexity index is 985. The van der Waals surface area contributed by atoms with E-state index in [9.17, 15) is 18.0 Å². The predicted molar refractivity (Wildman–Crippen MR) is 125 cm³/mol. The van der Waals surface area contributed by atoms with Crippen LogP contribution in [0.1, 0.15) is 62.5 Å². The molecule has 1 unspecified atom stereocenters. The Labute approximate surface area is 196 Å². The summed E-state index contributed by atoms with van der Waals surface area (Å²) in [4.78, 5) is 28.7. The first-order valence-corrected chi connectivity index (χ1v) is 14.0. The summed E-state index contributed by atoms with van der Waals surface area (Å²) in [6.45, 7) is 1.06. The van der Waals surface area contributed by atoms with E-state index in [1.807, 2.05) is 17.0 Å². The number of amides is 2. The molecule has 1 atom stereocenters. The van der Waals surface area contributed by atoms with Crippen molar-refractivity contribution in [3.05, 3.63) is 35.4 Å². The van der Waals surface area contributed by atoms with Crippen LogP contribution in [0.4, 0.5) is 0 Å². The Kier molecular flexibility index (Phi) is 6.02. The number of nitrogens with one attached hydrogen (secondary N) is 2. The summed E-state index contributed by atoms with van der Waals surface area (Å²) in [6.07, 6.45) is 8.59. The zero-order valence-electron chi connectivity index (χ0n) is 19.4. The van der Waals surface area contributed by atoms with Gasteiger partial charge in [-0.2, -0.15) is 0 Å². The molecule has 2 N–H and O–H groups in total. The molecule has 1 saturated heterocycles. The van der Waals surface area contributed by atoms with Crippen molar-refractivity contribution >= 4 is 21.8 Å². The van der Waals surface area contributed by atoms with Gasteiger partial charge in [-0.1, -0.05) is 24.3 Å². The lowest BCUT2D eigenvalue weighted by Gasteiger charge is -2.56. The molecule has 4 saturated carbocycles. The Hall–Kier alpha value is -1.93. The van der Waals surface area contributed by atoms with E-state index in [1.54, 1.807) is 12.1 Å². The van der Waals surface area contributed by atoms with Gasteiger partial charge in [-0.15, -0.1) is 0 Å². The van der Waals surface area contributed by atoms with Crippen LogP contribution in [-0.4, -0.2) is 44.8 Å². The van der Waals surface area contributed by atoms with Crippen LogP contribution in [0.25, 0.3) is 0 Å². The van der Waals surface area contributed by atoms with E-state index in [-0.39, 0.29) is 29.0 Å². The summed E-state index contributed by atoms with van der Waals surface area (Å²) >= 11 is 0. The third-order valence-corrected chi connectivity index (χ3v) is 9.80. The number of carbonyl (C=O) groups excluding carboxylic acids is 2. The lowest BCUT2D eigenvalue weighted by Crippen LogP contribution is -2.57. The second kappa shape index (κ2) is 8.69. The second-order valence-electron chi connectivity index (χ2n) is 10.9. The van der Waals surface area contributed by atoms with Gasteiger partial charge in [-0.25, -0.2) is 13.1 Å². The highest BCUT2D eigenvalue weighted by atomic mass is 32.2. The van der Waals surface area contributed by atoms with Crippen LogP contribution in [0.15, 0.2) is 24.3 Å². The Morgan fingerprint density at radius 2 is 1.58 bits per heavy atom. The van der Waals surface area contributed by atoms with Crippen LogP contribution in [-0.2, 0) is 31.9 Å². The van der Waals surface area contributed by atoms with Crippen molar-refractivity contribution < 1.29 is 18.0 Å². The molecule has 33 heavy (non-hydrogen) atoms. The highest BCUT2D eigenvalue weighted by Gasteiger charge is 2.56. The molecule has 6 rings (SSSR count). The SMILES string of the molecule is CNS(=O)(=O)Cc1ccc(CNC(=O)C2CCCN2C(=O)C23CC4CC(CC(C4)C2)C3)cc1. The average Bonchev–Trinajstić information content (AvgIpc) is 3.27. The normalized spacial score (nSPS) is 32.8. The maximum Gasteiger partial charge on any atom is 0.243 e. The Balaban J connectivity index is 1.20. The van der Waals surface area contributed by atoms with Gasteiger partial charge >= 0.3 is 0 Å². The van der Waals surface area contributed by atoms with E-state index >= 15 is 0 Å². The zero-order chi connectivity index (χ0) is 23.2. The minimum Gasteiger partial charge on any atom is -0.350 e. The highest BCUT2D eigenvalue weighted by molar-refractivity contribution is 7.88. The summed E-state index contributed by atoms with van der Waals surface area (Å²) < 4.78 is 25.7. The van der Waals surface area contributed by atoms with E-state index in [2.05, 4.69) is 10.0 Å². The summed E-state index contributed by atoms with van der Waals surface area (Å²) in [6, 6.07) is 6.86. The molecule has 1 heterocycles. The van der Waals surface area contributed by atoms with Crippen molar-refractivity contribution in [2.24, 2.45) is 23.2 Å². The van der Waals surface area contributed by atoms with E-state index < -0.39 is 10.0 Å². The quantitative estimate of drug-likeness (QED) is 0.636. The third-order valence-electron chi connectivity index (χ3n) is 8.47. The van der Waals surface area contributed by atoms with Crippen LogP contribution >= 0.6 is 0 Å².